The van der Waals surface area contributed by atoms with E-state index < -0.39 is 84.5 Å². The van der Waals surface area contributed by atoms with Gasteiger partial charge in [-0.05, 0) is 87.4 Å². The van der Waals surface area contributed by atoms with E-state index in [1.54, 1.807) is 14.1 Å². The summed E-state index contributed by atoms with van der Waals surface area (Å²) in [5.41, 5.74) is -2.86. The third kappa shape index (κ3) is 13.2. The second-order valence-corrected chi connectivity index (χ2v) is 18.1. The molecule has 19 nitrogen and oxygen atoms in total. The van der Waals surface area contributed by atoms with Gasteiger partial charge in [0.1, 0.15) is 36.6 Å². The second kappa shape index (κ2) is 23.8. The van der Waals surface area contributed by atoms with Crippen LogP contribution in [0.15, 0.2) is 108 Å². The summed E-state index contributed by atoms with van der Waals surface area (Å²) in [6.07, 6.45) is -7.14. The standard InChI is InChI=1S/C52H51F6N11O8/c1-7-76-47(72)43-31(3)67(39-13-9-11-35(23-39)51(53,54)55)49(74)65(45(43)33-15-17-37(25-59)63-27-33)29-41(70)61-19-21-69(5,6)22-20-62-42(71)30-66-46(34-16-18-38(26-60)64-28-34)44(48(73)77-8-2)32(4)68(50(66)75)40-14-10-12-36(24-40)52(56,57)58/h9-18,23-24,27-28,45-46H,7-8,19-22,29-30H2,1-6H3,(H-,61,62,70,71)/p+1. The summed E-state index contributed by atoms with van der Waals surface area (Å²) < 4.78 is 94.4. The average Bonchev–Trinajstić information content (AvgIpc) is 3.38. The van der Waals surface area contributed by atoms with Crippen molar-refractivity contribution in [3.8, 4) is 12.1 Å². The van der Waals surface area contributed by atoms with E-state index in [2.05, 4.69) is 20.6 Å². The quantitative estimate of drug-likeness (QED) is 0.0589. The molecule has 4 heterocycles. The van der Waals surface area contributed by atoms with Crippen molar-refractivity contribution in [1.29, 1.82) is 10.5 Å². The second-order valence-electron chi connectivity index (χ2n) is 18.1. The van der Waals surface area contributed by atoms with E-state index in [1.165, 1.54) is 76.5 Å². The zero-order valence-electron chi connectivity index (χ0n) is 42.5. The van der Waals surface area contributed by atoms with Gasteiger partial charge in [0.2, 0.25) is 11.8 Å². The number of carbonyl (C=O) groups is 6. The van der Waals surface area contributed by atoms with E-state index in [0.717, 1.165) is 56.0 Å². The SMILES string of the molecule is CCOC(=O)C1=C(C)N(c2cccc(C(F)(F)F)c2)C(=O)N(CC(=O)NCC[N+](C)(C)CCNC(=O)CN2C(=O)N(c3cccc(C(F)(F)F)c3)C(C)=C(C(=O)OCC)C2c2ccc(C#N)nc2)C1c1ccc(C#N)nc1. The van der Waals surface area contributed by atoms with Crippen molar-refractivity contribution in [3.05, 3.63) is 141 Å². The molecule has 2 aromatic carbocycles. The number of nitrogens with zero attached hydrogens (tertiary/aromatic N) is 9. The summed E-state index contributed by atoms with van der Waals surface area (Å²) in [7, 11) is 3.53. The first-order valence-electron chi connectivity index (χ1n) is 23.7. The highest BCUT2D eigenvalue weighted by Crippen LogP contribution is 2.43. The van der Waals surface area contributed by atoms with Crippen molar-refractivity contribution >= 4 is 47.2 Å². The van der Waals surface area contributed by atoms with Gasteiger partial charge >= 0.3 is 36.4 Å². The molecule has 2 aliphatic rings. The minimum atomic E-state index is -4.80. The molecule has 0 fully saturated rings. The maximum absolute atomic E-state index is 14.5. The first kappa shape index (κ1) is 57.4. The number of nitrogens with one attached hydrogen (secondary N) is 2. The predicted molar refractivity (Wildman–Crippen MR) is 262 cm³/mol. The monoisotopic (exact) mass is 1070 g/mol. The normalized spacial score (nSPS) is 16.2. The fourth-order valence-electron chi connectivity index (χ4n) is 8.71. The molecule has 4 aromatic rings. The number of ether oxygens (including phenoxy) is 2. The molecule has 77 heavy (non-hydrogen) atoms. The van der Waals surface area contributed by atoms with Gasteiger partial charge in [0, 0.05) is 23.8 Å². The Morgan fingerprint density at radius 2 is 1.01 bits per heavy atom. The number of anilines is 2. The number of benzene rings is 2. The minimum Gasteiger partial charge on any atom is -0.463 e. The van der Waals surface area contributed by atoms with Crippen molar-refractivity contribution < 1.29 is 69.1 Å². The molecule has 2 N–H and O–H groups in total. The van der Waals surface area contributed by atoms with Gasteiger partial charge in [-0.2, -0.15) is 36.9 Å². The number of esters is 2. The fraction of sp³-hybridized carbons (Fsp3) is 0.346. The highest BCUT2D eigenvalue weighted by atomic mass is 19.4. The topological polar surface area (TPSA) is 231 Å². The lowest BCUT2D eigenvalue weighted by molar-refractivity contribution is -0.887. The van der Waals surface area contributed by atoms with Crippen LogP contribution in [-0.2, 0) is 41.0 Å². The summed E-state index contributed by atoms with van der Waals surface area (Å²) in [5.74, 6) is -3.35. The number of alkyl halides is 6. The average molecular weight is 1070 g/mol. The highest BCUT2D eigenvalue weighted by molar-refractivity contribution is 6.05. The van der Waals surface area contributed by atoms with Gasteiger partial charge in [0.25, 0.3) is 0 Å². The van der Waals surface area contributed by atoms with Crippen LogP contribution in [0, 0.1) is 22.7 Å². The molecule has 6 rings (SSSR count). The lowest BCUT2D eigenvalue weighted by Crippen LogP contribution is -2.55. The number of rotatable bonds is 18. The summed E-state index contributed by atoms with van der Waals surface area (Å²) in [6.45, 7) is 4.41. The summed E-state index contributed by atoms with van der Waals surface area (Å²) in [6, 6.07) is 12.3. The van der Waals surface area contributed by atoms with Crippen LogP contribution in [0.25, 0.3) is 0 Å². The zero-order chi connectivity index (χ0) is 56.6. The van der Waals surface area contributed by atoms with Crippen molar-refractivity contribution in [2.45, 2.75) is 52.1 Å². The molecule has 25 heteroatoms. The molecule has 0 bridgehead atoms. The van der Waals surface area contributed by atoms with Crippen LogP contribution in [0.2, 0.25) is 0 Å². The van der Waals surface area contributed by atoms with Crippen molar-refractivity contribution in [2.75, 3.05) is 76.4 Å². The molecule has 404 valence electrons. The number of allylic oxidation sites excluding steroid dienone is 2. The molecule has 0 saturated carbocycles. The molecule has 0 spiro atoms. The first-order valence-corrected chi connectivity index (χ1v) is 23.7. The fourth-order valence-corrected chi connectivity index (χ4v) is 8.71. The van der Waals surface area contributed by atoms with Gasteiger partial charge in [-0.15, -0.1) is 0 Å². The smallest absolute Gasteiger partial charge is 0.416 e. The Hall–Kier alpha value is -8.84. The van der Waals surface area contributed by atoms with Crippen LogP contribution in [0.1, 0.15) is 73.4 Å². The maximum Gasteiger partial charge on any atom is 0.416 e. The molecule has 0 radical (unpaired) electrons. The van der Waals surface area contributed by atoms with Crippen LogP contribution >= 0.6 is 0 Å². The van der Waals surface area contributed by atoms with Crippen molar-refractivity contribution in [2.24, 2.45) is 0 Å². The number of carbonyl (C=O) groups excluding carboxylic acids is 6. The number of quaternary nitrogens is 1. The van der Waals surface area contributed by atoms with Crippen molar-refractivity contribution in [3.63, 3.8) is 0 Å². The van der Waals surface area contributed by atoms with E-state index in [-0.39, 0.29) is 100 Å². The Bertz CT molecular complexity index is 2870. The molecule has 2 atom stereocenters. The van der Waals surface area contributed by atoms with Gasteiger partial charge in [-0.25, -0.2) is 29.1 Å². The zero-order valence-corrected chi connectivity index (χ0v) is 42.5. The van der Waals surface area contributed by atoms with Crippen LogP contribution in [0.4, 0.5) is 47.3 Å². The molecule has 2 aliphatic heterocycles. The number of hydrogen-bond donors (Lipinski definition) is 2. The molecule has 0 saturated heterocycles. The lowest BCUT2D eigenvalue weighted by atomic mass is 9.93. The highest BCUT2D eigenvalue weighted by Gasteiger charge is 2.46. The summed E-state index contributed by atoms with van der Waals surface area (Å²) in [5, 5.41) is 24.3. The number of hydrogen-bond acceptors (Lipinski definition) is 12. The van der Waals surface area contributed by atoms with Gasteiger partial charge in [-0.3, -0.25) is 19.4 Å². The number of amides is 6. The number of likely N-dealkylation sites (N-methyl/N-ethyl adjacent to an activating group) is 1. The van der Waals surface area contributed by atoms with Gasteiger partial charge in [0.05, 0.1) is 99.2 Å². The van der Waals surface area contributed by atoms with E-state index in [9.17, 15) is 65.6 Å². The number of aromatic nitrogens is 2. The molecule has 2 aromatic heterocycles. The van der Waals surface area contributed by atoms with E-state index in [1.807, 2.05) is 12.1 Å². The van der Waals surface area contributed by atoms with E-state index >= 15 is 0 Å². The van der Waals surface area contributed by atoms with Crippen LogP contribution in [0.5, 0.6) is 0 Å². The van der Waals surface area contributed by atoms with Crippen LogP contribution in [0.3, 0.4) is 0 Å². The Kier molecular flexibility index (Phi) is 17.7. The Morgan fingerprint density at radius 3 is 1.32 bits per heavy atom. The van der Waals surface area contributed by atoms with Crippen molar-refractivity contribution in [1.82, 2.24) is 30.4 Å². The summed E-state index contributed by atoms with van der Waals surface area (Å²) >= 11 is 0. The third-order valence-electron chi connectivity index (χ3n) is 12.5. The van der Waals surface area contributed by atoms with Crippen LogP contribution < -0.4 is 20.4 Å². The molecule has 6 amide bonds. The van der Waals surface area contributed by atoms with Gasteiger partial charge < -0.3 is 34.4 Å². The van der Waals surface area contributed by atoms with Gasteiger partial charge in [0.15, 0.2) is 0 Å². The Labute approximate surface area is 438 Å². The van der Waals surface area contributed by atoms with Gasteiger partial charge in [-0.1, -0.05) is 24.3 Å². The molecule has 0 aliphatic carbocycles. The Morgan fingerprint density at radius 1 is 0.636 bits per heavy atom. The largest absolute Gasteiger partial charge is 0.463 e. The Balaban J connectivity index is 1.19. The number of pyridine rings is 2. The van der Waals surface area contributed by atoms with E-state index in [0.29, 0.717) is 0 Å². The lowest BCUT2D eigenvalue weighted by Gasteiger charge is -2.42. The first-order chi connectivity index (χ1) is 36.3. The van der Waals surface area contributed by atoms with Crippen LogP contribution in [-0.4, -0.2) is 127 Å². The maximum atomic E-state index is 14.5. The molecular weight excluding hydrogens is 1020 g/mol. The predicted octanol–water partition coefficient (Wildman–Crippen LogP) is 6.91. The van der Waals surface area contributed by atoms with E-state index in [4.69, 9.17) is 9.47 Å². The minimum absolute atomic E-state index is 0.00594. The third-order valence-corrected chi connectivity index (χ3v) is 12.5. The number of urea groups is 2. The molecule has 2 unspecified atom stereocenters. The molecular formula is C52H52F6N11O8+. The summed E-state index contributed by atoms with van der Waals surface area (Å²) in [4.78, 5) is 96.1. The number of nitriles is 2. The number of halogens is 6.